The molecule has 0 aromatic carbocycles. The van der Waals surface area contributed by atoms with E-state index >= 15 is 0 Å². The molecule has 0 saturated heterocycles. The topological polar surface area (TPSA) is 122 Å². The van der Waals surface area contributed by atoms with Gasteiger partial charge in [0.05, 0.1) is 17.5 Å². The lowest BCUT2D eigenvalue weighted by atomic mass is 9.91. The van der Waals surface area contributed by atoms with Crippen LogP contribution in [0.3, 0.4) is 0 Å². The summed E-state index contributed by atoms with van der Waals surface area (Å²) >= 11 is 1.32. The molecule has 2 amide bonds. The zero-order valence-corrected chi connectivity index (χ0v) is 18.1. The maximum absolute atomic E-state index is 13.1. The van der Waals surface area contributed by atoms with Gasteiger partial charge >= 0.3 is 12.2 Å². The molecule has 0 spiro atoms. The van der Waals surface area contributed by atoms with E-state index in [9.17, 15) is 18.0 Å². The number of halogens is 3. The van der Waals surface area contributed by atoms with Crippen molar-refractivity contribution in [2.24, 2.45) is 0 Å². The van der Waals surface area contributed by atoms with Crippen LogP contribution in [-0.4, -0.2) is 44.2 Å². The molecule has 3 aromatic heterocycles. The largest absolute Gasteiger partial charge is 0.419 e. The highest BCUT2D eigenvalue weighted by molar-refractivity contribution is 7.20. The number of fused-ring (bicyclic) bond motifs is 1. The van der Waals surface area contributed by atoms with Gasteiger partial charge in [-0.2, -0.15) is 13.2 Å². The zero-order valence-electron chi connectivity index (χ0n) is 17.2. The van der Waals surface area contributed by atoms with Gasteiger partial charge in [0.2, 0.25) is 10.1 Å². The molecular weight excluding hydrogens is 445 g/mol. The molecule has 1 fully saturated rings. The number of nitrogen functional groups attached to an aromatic ring is 1. The molecule has 3 heterocycles. The van der Waals surface area contributed by atoms with Crippen molar-refractivity contribution >= 4 is 33.3 Å². The van der Waals surface area contributed by atoms with Crippen LogP contribution in [0.2, 0.25) is 0 Å². The number of urea groups is 1. The molecule has 1 aliphatic rings. The van der Waals surface area contributed by atoms with Crippen LogP contribution in [0.15, 0.2) is 18.5 Å². The molecule has 9 nitrogen and oxygen atoms in total. The molecule has 1 aliphatic carbocycles. The van der Waals surface area contributed by atoms with Crippen LogP contribution in [0.4, 0.5) is 28.9 Å². The van der Waals surface area contributed by atoms with Gasteiger partial charge in [-0.3, -0.25) is 0 Å². The predicted octanol–water partition coefficient (Wildman–Crippen LogP) is 3.50. The van der Waals surface area contributed by atoms with E-state index in [-0.39, 0.29) is 23.7 Å². The number of nitrogens with one attached hydrogen (secondary N) is 3. The van der Waals surface area contributed by atoms with Crippen LogP contribution in [0, 0.1) is 0 Å². The van der Waals surface area contributed by atoms with Gasteiger partial charge in [0.1, 0.15) is 5.82 Å². The van der Waals surface area contributed by atoms with Gasteiger partial charge in [0, 0.05) is 30.4 Å². The number of carbonyl (C=O) groups is 1. The number of pyridine rings is 1. The summed E-state index contributed by atoms with van der Waals surface area (Å²) in [4.78, 5) is 20.2. The van der Waals surface area contributed by atoms with Crippen LogP contribution in [0.1, 0.15) is 38.2 Å². The van der Waals surface area contributed by atoms with Crippen LogP contribution < -0.4 is 21.7 Å². The summed E-state index contributed by atoms with van der Waals surface area (Å²) in [5.41, 5.74) is 4.93. The Balaban J connectivity index is 1.40. The Kier molecular flexibility index (Phi) is 6.09. The van der Waals surface area contributed by atoms with E-state index in [4.69, 9.17) is 5.73 Å². The fourth-order valence-electron chi connectivity index (χ4n) is 3.69. The number of hydrogen-bond acceptors (Lipinski definition) is 7. The summed E-state index contributed by atoms with van der Waals surface area (Å²) in [5.74, 6) is -0.567. The smallest absolute Gasteiger partial charge is 0.383 e. The average Bonchev–Trinajstić information content (AvgIpc) is 3.28. The first-order chi connectivity index (χ1) is 15.2. The third-order valence-electron chi connectivity index (χ3n) is 5.29. The Morgan fingerprint density at radius 1 is 1.28 bits per heavy atom. The summed E-state index contributed by atoms with van der Waals surface area (Å²) in [6.45, 7) is 2.47. The Morgan fingerprint density at radius 3 is 2.66 bits per heavy atom. The second-order valence-electron chi connectivity index (χ2n) is 7.61. The fourth-order valence-corrected chi connectivity index (χ4v) is 4.55. The van der Waals surface area contributed by atoms with Crippen molar-refractivity contribution in [2.75, 3.05) is 17.6 Å². The number of amides is 2. The summed E-state index contributed by atoms with van der Waals surface area (Å²) in [6.07, 6.45) is 1.76. The van der Waals surface area contributed by atoms with Crippen LogP contribution >= 0.6 is 11.3 Å². The minimum atomic E-state index is -4.59. The number of nitrogens with zero attached hydrogens (tertiary/aromatic N) is 4. The maximum atomic E-state index is 13.1. The molecule has 4 rings (SSSR count). The molecular formula is C19H23F3N8OS. The number of carbonyl (C=O) groups excluding carboxylic acids is 1. The first kappa shape index (κ1) is 22.1. The second kappa shape index (κ2) is 8.81. The third-order valence-corrected chi connectivity index (χ3v) is 6.14. The molecule has 0 bridgehead atoms. The lowest BCUT2D eigenvalue weighted by Gasteiger charge is -2.29. The predicted molar refractivity (Wildman–Crippen MR) is 115 cm³/mol. The summed E-state index contributed by atoms with van der Waals surface area (Å²) in [5, 5.41) is 14.2. The van der Waals surface area contributed by atoms with Crippen molar-refractivity contribution in [1.82, 2.24) is 30.2 Å². The lowest BCUT2D eigenvalue weighted by molar-refractivity contribution is -0.137. The zero-order chi connectivity index (χ0) is 22.9. The normalized spacial score (nSPS) is 19.1. The van der Waals surface area contributed by atoms with Crippen molar-refractivity contribution in [3.05, 3.63) is 24.0 Å². The molecule has 1 saturated carbocycles. The average molecular weight is 469 g/mol. The molecule has 3 aromatic rings. The molecule has 13 heteroatoms. The minimum Gasteiger partial charge on any atom is -0.383 e. The van der Waals surface area contributed by atoms with Crippen molar-refractivity contribution in [1.29, 1.82) is 0 Å². The van der Waals surface area contributed by atoms with Gasteiger partial charge in [0.25, 0.3) is 0 Å². The Labute approximate surface area is 185 Å². The Bertz CT molecular complexity index is 1070. The van der Waals surface area contributed by atoms with Gasteiger partial charge in [-0.1, -0.05) is 11.3 Å². The van der Waals surface area contributed by atoms with Crippen molar-refractivity contribution in [2.45, 2.75) is 50.9 Å². The summed E-state index contributed by atoms with van der Waals surface area (Å²) in [6, 6.07) is 1.19. The van der Waals surface area contributed by atoms with E-state index in [0.29, 0.717) is 22.3 Å². The maximum Gasteiger partial charge on any atom is 0.419 e. The van der Waals surface area contributed by atoms with Crippen molar-refractivity contribution in [3.63, 3.8) is 0 Å². The highest BCUT2D eigenvalue weighted by Gasteiger charge is 2.34. The molecule has 0 radical (unpaired) electrons. The number of imidazole rings is 1. The van der Waals surface area contributed by atoms with Gasteiger partial charge in [0.15, 0.2) is 0 Å². The molecule has 0 atom stereocenters. The fraction of sp³-hybridized carbons (Fsp3) is 0.474. The standard InChI is InChI=1S/C19H23F3N8OS/c1-2-24-16(31)26-11-3-5-12(6-4-11)27-17-29-30-9-14(28-18(30)32-17)10-7-13(19(20,21)22)15(23)25-8-10/h7-9,11-12H,2-6H2,1H3,(H2,23,25)(H,27,29)(H2,24,26,31). The molecule has 172 valence electrons. The SMILES string of the molecule is CCNC(=O)NC1CCC(Nc2nn3cc(-c4cnc(N)c(C(F)(F)F)c4)nc3s2)CC1. The van der Waals surface area contributed by atoms with E-state index in [1.807, 2.05) is 6.92 Å². The number of anilines is 2. The van der Waals surface area contributed by atoms with Crippen molar-refractivity contribution in [3.8, 4) is 11.3 Å². The molecule has 5 N–H and O–H groups in total. The lowest BCUT2D eigenvalue weighted by Crippen LogP contribution is -2.44. The number of aromatic nitrogens is 4. The van der Waals surface area contributed by atoms with Gasteiger partial charge < -0.3 is 21.7 Å². The quantitative estimate of drug-likeness (QED) is 0.455. The first-order valence-corrected chi connectivity index (χ1v) is 11.0. The highest BCUT2D eigenvalue weighted by Crippen LogP contribution is 2.35. The molecule has 0 unspecified atom stereocenters. The van der Waals surface area contributed by atoms with Gasteiger partial charge in [-0.15, -0.1) is 5.10 Å². The summed E-state index contributed by atoms with van der Waals surface area (Å²) < 4.78 is 40.8. The highest BCUT2D eigenvalue weighted by atomic mass is 32.1. The van der Waals surface area contributed by atoms with E-state index in [0.717, 1.165) is 31.7 Å². The van der Waals surface area contributed by atoms with E-state index in [1.54, 1.807) is 6.20 Å². The Morgan fingerprint density at radius 2 is 2.00 bits per heavy atom. The molecule has 32 heavy (non-hydrogen) atoms. The number of hydrogen-bond donors (Lipinski definition) is 4. The third kappa shape index (κ3) is 4.87. The van der Waals surface area contributed by atoms with Crippen molar-refractivity contribution < 1.29 is 18.0 Å². The van der Waals surface area contributed by atoms with E-state index in [2.05, 4.69) is 31.0 Å². The number of nitrogens with two attached hydrogens (primary N) is 1. The van der Waals surface area contributed by atoms with E-state index < -0.39 is 17.6 Å². The minimum absolute atomic E-state index is 0.139. The monoisotopic (exact) mass is 468 g/mol. The first-order valence-electron chi connectivity index (χ1n) is 10.2. The van der Waals surface area contributed by atoms with Crippen LogP contribution in [0.25, 0.3) is 16.2 Å². The van der Waals surface area contributed by atoms with Gasteiger partial charge in [-0.05, 0) is 38.7 Å². The number of rotatable bonds is 5. The van der Waals surface area contributed by atoms with Crippen LogP contribution in [-0.2, 0) is 6.18 Å². The van der Waals surface area contributed by atoms with Crippen LogP contribution in [0.5, 0.6) is 0 Å². The van der Waals surface area contributed by atoms with Gasteiger partial charge in [-0.25, -0.2) is 19.3 Å². The van der Waals surface area contributed by atoms with E-state index in [1.165, 1.54) is 22.0 Å². The number of alkyl halides is 3. The second-order valence-corrected chi connectivity index (χ2v) is 8.57. The Hall–Kier alpha value is -3.09. The molecule has 0 aliphatic heterocycles. The summed E-state index contributed by atoms with van der Waals surface area (Å²) in [7, 11) is 0.